The number of rotatable bonds is 7. The lowest BCUT2D eigenvalue weighted by atomic mass is 9.87. The third kappa shape index (κ3) is 3.51. The molecule has 0 saturated carbocycles. The second kappa shape index (κ2) is 6.83. The summed E-state index contributed by atoms with van der Waals surface area (Å²) in [5, 5.41) is 13.0. The third-order valence-electron chi connectivity index (χ3n) is 3.29. The Bertz CT molecular complexity index is 365. The molecule has 1 aromatic rings. The predicted molar refractivity (Wildman–Crippen MR) is 72.0 cm³/mol. The van der Waals surface area contributed by atoms with E-state index in [-0.39, 0.29) is 12.4 Å². The van der Waals surface area contributed by atoms with Crippen LogP contribution in [0.2, 0.25) is 0 Å². The Hall–Kier alpha value is -0.970. The Morgan fingerprint density at radius 1 is 1.33 bits per heavy atom. The summed E-state index contributed by atoms with van der Waals surface area (Å²) >= 11 is 0. The monoisotopic (exact) mass is 254 g/mol. The average molecular weight is 254 g/mol. The number of halogens is 1. The lowest BCUT2D eigenvalue weighted by Gasteiger charge is -2.33. The summed E-state index contributed by atoms with van der Waals surface area (Å²) < 4.78 is 13.9. The van der Waals surface area contributed by atoms with Gasteiger partial charge in [0.2, 0.25) is 0 Å². The molecule has 0 saturated heterocycles. The molecule has 0 fully saturated rings. The van der Waals surface area contributed by atoms with Gasteiger partial charge in [0.25, 0.3) is 0 Å². The van der Waals surface area contributed by atoms with Gasteiger partial charge in [-0.1, -0.05) is 25.1 Å². The van der Waals surface area contributed by atoms with Crippen LogP contribution in [0.5, 0.6) is 0 Å². The highest BCUT2D eigenvalue weighted by molar-refractivity contribution is 5.26. The van der Waals surface area contributed by atoms with Crippen LogP contribution in [0.15, 0.2) is 24.3 Å². The van der Waals surface area contributed by atoms with Crippen molar-refractivity contribution in [3.8, 4) is 0 Å². The third-order valence-corrected chi connectivity index (χ3v) is 3.29. The maximum atomic E-state index is 13.9. The predicted octanol–water partition coefficient (Wildman–Crippen LogP) is 1.57. The van der Waals surface area contributed by atoms with Crippen molar-refractivity contribution in [1.29, 1.82) is 0 Å². The molecule has 0 aliphatic rings. The number of aliphatic hydroxyl groups excluding tert-OH is 1. The zero-order valence-corrected chi connectivity index (χ0v) is 11.4. The van der Waals surface area contributed by atoms with Gasteiger partial charge in [0, 0.05) is 18.7 Å². The van der Waals surface area contributed by atoms with E-state index in [0.717, 1.165) is 6.54 Å². The largest absolute Gasteiger partial charge is 0.394 e. The highest BCUT2D eigenvalue weighted by Gasteiger charge is 2.31. The number of aliphatic hydroxyl groups is 1. The molecule has 2 N–H and O–H groups in total. The second-order valence-electron chi connectivity index (χ2n) is 4.80. The molecule has 0 spiro atoms. The molecule has 0 amide bonds. The van der Waals surface area contributed by atoms with E-state index < -0.39 is 5.54 Å². The first kappa shape index (κ1) is 15.1. The summed E-state index contributed by atoms with van der Waals surface area (Å²) in [5.41, 5.74) is -0.157. The van der Waals surface area contributed by atoms with Crippen LogP contribution in [0.4, 0.5) is 4.39 Å². The fourth-order valence-corrected chi connectivity index (χ4v) is 2.03. The Morgan fingerprint density at radius 2 is 2.00 bits per heavy atom. The molecule has 1 atom stereocenters. The van der Waals surface area contributed by atoms with E-state index in [9.17, 15) is 9.50 Å². The summed E-state index contributed by atoms with van der Waals surface area (Å²) in [6.45, 7) is 3.38. The van der Waals surface area contributed by atoms with Crippen LogP contribution in [0, 0.1) is 5.82 Å². The first-order chi connectivity index (χ1) is 8.55. The number of benzene rings is 1. The molecule has 0 heterocycles. The van der Waals surface area contributed by atoms with E-state index in [1.54, 1.807) is 18.2 Å². The highest BCUT2D eigenvalue weighted by atomic mass is 19.1. The number of likely N-dealkylation sites (N-methyl/N-ethyl adjacent to an activating group) is 1. The van der Waals surface area contributed by atoms with Gasteiger partial charge in [-0.2, -0.15) is 0 Å². The molecular formula is C14H23FN2O. The summed E-state index contributed by atoms with van der Waals surface area (Å²) in [6, 6.07) is 6.63. The molecule has 1 aromatic carbocycles. The molecule has 1 unspecified atom stereocenters. The zero-order chi connectivity index (χ0) is 13.6. The van der Waals surface area contributed by atoms with Crippen molar-refractivity contribution in [2.75, 3.05) is 33.8 Å². The van der Waals surface area contributed by atoms with Gasteiger partial charge >= 0.3 is 0 Å². The van der Waals surface area contributed by atoms with Crippen molar-refractivity contribution in [3.05, 3.63) is 35.6 Å². The van der Waals surface area contributed by atoms with Gasteiger partial charge in [-0.3, -0.25) is 0 Å². The van der Waals surface area contributed by atoms with E-state index in [0.29, 0.717) is 18.5 Å². The Labute approximate surface area is 109 Å². The van der Waals surface area contributed by atoms with E-state index in [1.807, 2.05) is 25.9 Å². The maximum Gasteiger partial charge on any atom is 0.128 e. The van der Waals surface area contributed by atoms with Crippen LogP contribution in [0.1, 0.15) is 18.9 Å². The number of nitrogens with zero attached hydrogens (tertiary/aromatic N) is 1. The van der Waals surface area contributed by atoms with Crippen molar-refractivity contribution in [2.24, 2.45) is 0 Å². The molecule has 1 rings (SSSR count). The van der Waals surface area contributed by atoms with Crippen molar-refractivity contribution in [3.63, 3.8) is 0 Å². The lowest BCUT2D eigenvalue weighted by molar-refractivity contribution is 0.149. The first-order valence-corrected chi connectivity index (χ1v) is 6.31. The van der Waals surface area contributed by atoms with E-state index in [4.69, 9.17) is 0 Å². The molecule has 18 heavy (non-hydrogen) atoms. The normalized spacial score (nSPS) is 14.8. The lowest BCUT2D eigenvalue weighted by Crippen LogP contribution is -2.48. The van der Waals surface area contributed by atoms with Crippen LogP contribution in [-0.2, 0) is 5.54 Å². The van der Waals surface area contributed by atoms with Crippen molar-refractivity contribution in [2.45, 2.75) is 18.9 Å². The fourth-order valence-electron chi connectivity index (χ4n) is 2.03. The molecule has 0 radical (unpaired) electrons. The summed E-state index contributed by atoms with van der Waals surface area (Å²) in [5.74, 6) is -0.272. The minimum atomic E-state index is -0.693. The smallest absolute Gasteiger partial charge is 0.128 e. The molecule has 0 aromatic heterocycles. The molecule has 0 aliphatic carbocycles. The van der Waals surface area contributed by atoms with Crippen molar-refractivity contribution in [1.82, 2.24) is 10.2 Å². The summed E-state index contributed by atoms with van der Waals surface area (Å²) in [4.78, 5) is 2.05. The van der Waals surface area contributed by atoms with Crippen LogP contribution in [0.3, 0.4) is 0 Å². The van der Waals surface area contributed by atoms with Gasteiger partial charge in [0.1, 0.15) is 5.82 Å². The molecule has 0 bridgehead atoms. The fraction of sp³-hybridized carbons (Fsp3) is 0.571. The molecule has 3 nitrogen and oxygen atoms in total. The topological polar surface area (TPSA) is 35.5 Å². The van der Waals surface area contributed by atoms with Gasteiger partial charge in [0.05, 0.1) is 12.1 Å². The standard InChI is InChI=1S/C14H23FN2O/c1-4-14(11-18,16-9-10-17(2)3)12-7-5-6-8-13(12)15/h5-8,16,18H,4,9-11H2,1-3H3. The van der Waals surface area contributed by atoms with E-state index >= 15 is 0 Å². The Morgan fingerprint density at radius 3 is 2.50 bits per heavy atom. The average Bonchev–Trinajstić information content (AvgIpc) is 2.36. The summed E-state index contributed by atoms with van der Waals surface area (Å²) in [6.07, 6.45) is 0.637. The summed E-state index contributed by atoms with van der Waals surface area (Å²) in [7, 11) is 3.97. The van der Waals surface area contributed by atoms with Gasteiger partial charge < -0.3 is 15.3 Å². The molecule has 4 heteroatoms. The number of hydrogen-bond donors (Lipinski definition) is 2. The van der Waals surface area contributed by atoms with Crippen LogP contribution < -0.4 is 5.32 Å². The molecule has 102 valence electrons. The quantitative estimate of drug-likeness (QED) is 0.775. The van der Waals surface area contributed by atoms with Gasteiger partial charge in [-0.15, -0.1) is 0 Å². The minimum absolute atomic E-state index is 0.113. The number of hydrogen-bond acceptors (Lipinski definition) is 3. The molecular weight excluding hydrogens is 231 g/mol. The van der Waals surface area contributed by atoms with E-state index in [2.05, 4.69) is 5.32 Å². The van der Waals surface area contributed by atoms with Crippen LogP contribution in [-0.4, -0.2) is 43.8 Å². The SMILES string of the molecule is CCC(CO)(NCCN(C)C)c1ccccc1F. The van der Waals surface area contributed by atoms with E-state index in [1.165, 1.54) is 6.07 Å². The first-order valence-electron chi connectivity index (χ1n) is 6.31. The Balaban J connectivity index is 2.89. The highest BCUT2D eigenvalue weighted by Crippen LogP contribution is 2.26. The van der Waals surface area contributed by atoms with Crippen molar-refractivity contribution < 1.29 is 9.50 Å². The minimum Gasteiger partial charge on any atom is -0.394 e. The Kier molecular flexibility index (Phi) is 5.72. The second-order valence-corrected chi connectivity index (χ2v) is 4.80. The van der Waals surface area contributed by atoms with Crippen LogP contribution >= 0.6 is 0 Å². The van der Waals surface area contributed by atoms with Crippen LogP contribution in [0.25, 0.3) is 0 Å². The van der Waals surface area contributed by atoms with Gasteiger partial charge in [-0.05, 0) is 26.6 Å². The van der Waals surface area contributed by atoms with Gasteiger partial charge in [-0.25, -0.2) is 4.39 Å². The zero-order valence-electron chi connectivity index (χ0n) is 11.4. The van der Waals surface area contributed by atoms with Gasteiger partial charge in [0.15, 0.2) is 0 Å². The maximum absolute atomic E-state index is 13.9. The van der Waals surface area contributed by atoms with Crippen molar-refractivity contribution >= 4 is 0 Å². The molecule has 0 aliphatic heterocycles. The number of nitrogens with one attached hydrogen (secondary N) is 1.